The maximum absolute atomic E-state index is 10.3. The minimum atomic E-state index is -0.332. The second-order valence-electron chi connectivity index (χ2n) is 4.19. The second-order valence-corrected chi connectivity index (χ2v) is 6.49. The van der Waals surface area contributed by atoms with E-state index in [1.165, 1.54) is 10.0 Å². The Labute approximate surface area is 115 Å². The number of hydrogen-bond acceptors (Lipinski definition) is 1. The molecule has 2 heteroatoms. The molecule has 0 saturated carbocycles. The van der Waals surface area contributed by atoms with Gasteiger partial charge in [-0.25, -0.2) is 0 Å². The molecule has 0 unspecified atom stereocenters. The molecular formula is C16H18OSe. The molecule has 0 bridgehead atoms. The minimum absolute atomic E-state index is 0.332. The summed E-state index contributed by atoms with van der Waals surface area (Å²) < 4.78 is 1.35. The molecule has 0 aliphatic rings. The molecule has 0 amide bonds. The third kappa shape index (κ3) is 3.46. The van der Waals surface area contributed by atoms with E-state index in [4.69, 9.17) is 0 Å². The van der Waals surface area contributed by atoms with Gasteiger partial charge in [0.05, 0.1) is 0 Å². The van der Waals surface area contributed by atoms with Gasteiger partial charge in [0.2, 0.25) is 0 Å². The van der Waals surface area contributed by atoms with Crippen LogP contribution in [0.4, 0.5) is 0 Å². The Morgan fingerprint density at radius 1 is 1.00 bits per heavy atom. The van der Waals surface area contributed by atoms with E-state index >= 15 is 0 Å². The van der Waals surface area contributed by atoms with Crippen LogP contribution >= 0.6 is 0 Å². The van der Waals surface area contributed by atoms with Gasteiger partial charge in [-0.3, -0.25) is 0 Å². The van der Waals surface area contributed by atoms with Gasteiger partial charge in [0.1, 0.15) is 0 Å². The molecule has 0 aliphatic carbocycles. The van der Waals surface area contributed by atoms with Gasteiger partial charge in [0.25, 0.3) is 0 Å². The fourth-order valence-electron chi connectivity index (χ4n) is 1.96. The van der Waals surface area contributed by atoms with Gasteiger partial charge in [0, 0.05) is 0 Å². The van der Waals surface area contributed by atoms with Crippen LogP contribution in [0.3, 0.4) is 0 Å². The Bertz CT molecular complexity index is 481. The molecule has 0 spiro atoms. The molecule has 0 saturated heterocycles. The number of aryl methyl sites for hydroxylation is 1. The van der Waals surface area contributed by atoms with Crippen LogP contribution in [0.1, 0.15) is 24.2 Å². The third-order valence-corrected chi connectivity index (χ3v) is 5.23. The van der Waals surface area contributed by atoms with E-state index in [1.807, 2.05) is 24.3 Å². The molecule has 0 radical (unpaired) electrons. The van der Waals surface area contributed by atoms with Crippen molar-refractivity contribution >= 4 is 19.4 Å². The van der Waals surface area contributed by atoms with Crippen LogP contribution in [0.2, 0.25) is 5.32 Å². The van der Waals surface area contributed by atoms with Crippen molar-refractivity contribution in [3.05, 3.63) is 65.7 Å². The van der Waals surface area contributed by atoms with Crippen molar-refractivity contribution < 1.29 is 5.11 Å². The zero-order valence-corrected chi connectivity index (χ0v) is 12.3. The van der Waals surface area contributed by atoms with Crippen LogP contribution in [-0.2, 0) is 6.42 Å². The molecule has 18 heavy (non-hydrogen) atoms. The molecule has 2 rings (SSSR count). The van der Waals surface area contributed by atoms with Crippen LogP contribution < -0.4 is 4.46 Å². The van der Waals surface area contributed by atoms with Gasteiger partial charge in [0.15, 0.2) is 0 Å². The first-order chi connectivity index (χ1) is 8.81. The third-order valence-electron chi connectivity index (χ3n) is 2.95. The zero-order chi connectivity index (χ0) is 12.8. The first-order valence-electron chi connectivity index (χ1n) is 6.25. The van der Waals surface area contributed by atoms with E-state index in [2.05, 4.69) is 37.3 Å². The molecule has 1 N–H and O–H groups in total. The maximum atomic E-state index is 10.3. The molecule has 2 aromatic carbocycles. The molecule has 0 heterocycles. The van der Waals surface area contributed by atoms with E-state index in [0.29, 0.717) is 15.0 Å². The fraction of sp³-hybridized carbons (Fsp3) is 0.250. The van der Waals surface area contributed by atoms with Crippen molar-refractivity contribution in [2.45, 2.75) is 24.8 Å². The van der Waals surface area contributed by atoms with Gasteiger partial charge in [-0.2, -0.15) is 0 Å². The monoisotopic (exact) mass is 306 g/mol. The first-order valence-corrected chi connectivity index (χ1v) is 8.31. The number of rotatable bonds is 5. The van der Waals surface area contributed by atoms with E-state index in [-0.39, 0.29) is 6.10 Å². The Morgan fingerprint density at radius 2 is 1.67 bits per heavy atom. The zero-order valence-electron chi connectivity index (χ0n) is 10.5. The van der Waals surface area contributed by atoms with Crippen molar-refractivity contribution in [2.75, 3.05) is 0 Å². The summed E-state index contributed by atoms with van der Waals surface area (Å²) in [6.45, 7) is 2.13. The predicted octanol–water partition coefficient (Wildman–Crippen LogP) is 2.73. The van der Waals surface area contributed by atoms with Crippen LogP contribution in [0.5, 0.6) is 0 Å². The summed E-state index contributed by atoms with van der Waals surface area (Å²) in [5, 5.41) is 11.2. The van der Waals surface area contributed by atoms with Crippen LogP contribution in [0.25, 0.3) is 0 Å². The standard InChI is InChI=1S/C16H18OSe/c1-2-13-8-6-7-11-15(13)16(17)12-18-14-9-4-3-5-10-14/h3-11,16-17H,2,12H2,1H3/t16-/m0/s1. The Hall–Kier alpha value is -1.08. The average Bonchev–Trinajstić information content (AvgIpc) is 2.45. The Balaban J connectivity index is 2.01. The summed E-state index contributed by atoms with van der Waals surface area (Å²) in [7, 11) is 0. The second kappa shape index (κ2) is 6.75. The van der Waals surface area contributed by atoms with Crippen LogP contribution in [-0.4, -0.2) is 20.1 Å². The number of hydrogen-bond donors (Lipinski definition) is 1. The summed E-state index contributed by atoms with van der Waals surface area (Å²) in [5.41, 5.74) is 2.35. The molecule has 94 valence electrons. The summed E-state index contributed by atoms with van der Waals surface area (Å²) in [6, 6.07) is 18.6. The molecule has 1 nitrogen and oxygen atoms in total. The van der Waals surface area contributed by atoms with Crippen molar-refractivity contribution in [3.63, 3.8) is 0 Å². The quantitative estimate of drug-likeness (QED) is 0.842. The SMILES string of the molecule is CCc1ccccc1[C@@H](O)C[Se]c1ccccc1. The van der Waals surface area contributed by atoms with Crippen molar-refractivity contribution in [1.29, 1.82) is 0 Å². The number of benzene rings is 2. The van der Waals surface area contributed by atoms with Crippen molar-refractivity contribution in [2.24, 2.45) is 0 Å². The van der Waals surface area contributed by atoms with Gasteiger partial charge >= 0.3 is 115 Å². The summed E-state index contributed by atoms with van der Waals surface area (Å²) >= 11 is 0.335. The average molecular weight is 305 g/mol. The van der Waals surface area contributed by atoms with Crippen LogP contribution in [0, 0.1) is 0 Å². The topological polar surface area (TPSA) is 20.2 Å². The molecular weight excluding hydrogens is 287 g/mol. The van der Waals surface area contributed by atoms with E-state index < -0.39 is 0 Å². The first kappa shape index (κ1) is 13.4. The van der Waals surface area contributed by atoms with Crippen LogP contribution in [0.15, 0.2) is 54.6 Å². The van der Waals surface area contributed by atoms with E-state index in [9.17, 15) is 5.11 Å². The Morgan fingerprint density at radius 3 is 2.39 bits per heavy atom. The predicted molar refractivity (Wildman–Crippen MR) is 77.4 cm³/mol. The van der Waals surface area contributed by atoms with E-state index in [1.54, 1.807) is 0 Å². The molecule has 1 atom stereocenters. The summed E-state index contributed by atoms with van der Waals surface area (Å²) in [4.78, 5) is 0. The summed E-state index contributed by atoms with van der Waals surface area (Å²) in [6.07, 6.45) is 0.646. The van der Waals surface area contributed by atoms with E-state index in [0.717, 1.165) is 17.3 Å². The van der Waals surface area contributed by atoms with Gasteiger partial charge in [-0.15, -0.1) is 0 Å². The Kier molecular flexibility index (Phi) is 5.00. The molecule has 0 aliphatic heterocycles. The number of aliphatic hydroxyl groups is 1. The van der Waals surface area contributed by atoms with Crippen molar-refractivity contribution in [3.8, 4) is 0 Å². The fourth-order valence-corrected chi connectivity index (χ4v) is 3.81. The molecule has 2 aromatic rings. The van der Waals surface area contributed by atoms with Gasteiger partial charge < -0.3 is 0 Å². The van der Waals surface area contributed by atoms with Gasteiger partial charge in [-0.1, -0.05) is 0 Å². The number of aliphatic hydroxyl groups excluding tert-OH is 1. The van der Waals surface area contributed by atoms with Gasteiger partial charge in [-0.05, 0) is 0 Å². The van der Waals surface area contributed by atoms with Crippen molar-refractivity contribution in [1.82, 2.24) is 0 Å². The summed E-state index contributed by atoms with van der Waals surface area (Å²) in [5.74, 6) is 0. The molecule has 0 aromatic heterocycles. The normalized spacial score (nSPS) is 12.3. The molecule has 0 fully saturated rings.